The highest BCUT2D eigenvalue weighted by molar-refractivity contribution is 5.83. The van der Waals surface area contributed by atoms with E-state index in [-0.39, 0.29) is 23.2 Å². The Balaban J connectivity index is 1.74. The molecule has 3 unspecified atom stereocenters. The maximum atomic E-state index is 13.0. The van der Waals surface area contributed by atoms with Gasteiger partial charge in [0.25, 0.3) is 0 Å². The number of hydrogen-bond donors (Lipinski definition) is 1. The lowest BCUT2D eigenvalue weighted by atomic mass is 9.88. The van der Waals surface area contributed by atoms with Crippen LogP contribution in [0.4, 0.5) is 4.39 Å². The van der Waals surface area contributed by atoms with Gasteiger partial charge in [-0.2, -0.15) is 0 Å². The topological polar surface area (TPSA) is 32.3 Å². The Morgan fingerprint density at radius 2 is 2.10 bits per heavy atom. The molecule has 0 aliphatic carbocycles. The van der Waals surface area contributed by atoms with Crippen LogP contribution in [0.3, 0.4) is 0 Å². The van der Waals surface area contributed by atoms with E-state index in [9.17, 15) is 9.18 Å². The third kappa shape index (κ3) is 2.69. The molecule has 0 spiro atoms. The number of benzene rings is 1. The summed E-state index contributed by atoms with van der Waals surface area (Å²) >= 11 is 0. The van der Waals surface area contributed by atoms with Gasteiger partial charge in [0.1, 0.15) is 5.82 Å². The molecule has 1 aromatic carbocycles. The zero-order valence-electron chi connectivity index (χ0n) is 12.7. The normalized spacial score (nSPS) is 32.6. The smallest absolute Gasteiger partial charge is 0.230 e. The van der Waals surface area contributed by atoms with E-state index in [1.54, 1.807) is 0 Å². The average Bonchev–Trinajstić information content (AvgIpc) is 3.06. The SMILES string of the molecule is CC1CC(c2ccc(F)cc2)CN1C(=O)C1(C)CCNC1. The second-order valence-corrected chi connectivity index (χ2v) is 6.78. The molecule has 3 nitrogen and oxygen atoms in total. The molecular weight excluding hydrogens is 267 g/mol. The highest BCUT2D eigenvalue weighted by atomic mass is 19.1. The number of nitrogens with zero attached hydrogens (tertiary/aromatic N) is 1. The van der Waals surface area contributed by atoms with Crippen LogP contribution in [0.1, 0.15) is 38.2 Å². The van der Waals surface area contributed by atoms with Crippen molar-refractivity contribution in [2.24, 2.45) is 5.41 Å². The molecule has 1 amide bonds. The number of nitrogens with one attached hydrogen (secondary N) is 1. The van der Waals surface area contributed by atoms with Gasteiger partial charge in [-0.3, -0.25) is 4.79 Å². The molecule has 0 saturated carbocycles. The van der Waals surface area contributed by atoms with Crippen LogP contribution in [0.25, 0.3) is 0 Å². The van der Waals surface area contributed by atoms with E-state index < -0.39 is 0 Å². The van der Waals surface area contributed by atoms with E-state index in [4.69, 9.17) is 0 Å². The number of rotatable bonds is 2. The molecule has 2 fully saturated rings. The molecule has 3 atom stereocenters. The van der Waals surface area contributed by atoms with Crippen molar-refractivity contribution >= 4 is 5.91 Å². The summed E-state index contributed by atoms with van der Waals surface area (Å²) in [5, 5.41) is 3.29. The minimum Gasteiger partial charge on any atom is -0.339 e. The Hall–Kier alpha value is -1.42. The molecule has 3 rings (SSSR count). The van der Waals surface area contributed by atoms with Gasteiger partial charge < -0.3 is 10.2 Å². The van der Waals surface area contributed by atoms with E-state index in [2.05, 4.69) is 19.2 Å². The first-order valence-corrected chi connectivity index (χ1v) is 7.77. The number of halogens is 1. The quantitative estimate of drug-likeness (QED) is 0.908. The number of likely N-dealkylation sites (tertiary alicyclic amines) is 1. The van der Waals surface area contributed by atoms with Gasteiger partial charge in [-0.1, -0.05) is 12.1 Å². The largest absolute Gasteiger partial charge is 0.339 e. The number of carbonyl (C=O) groups excluding carboxylic acids is 1. The molecule has 2 saturated heterocycles. The van der Waals surface area contributed by atoms with Crippen LogP contribution in [0.5, 0.6) is 0 Å². The lowest BCUT2D eigenvalue weighted by Crippen LogP contribution is -2.45. The van der Waals surface area contributed by atoms with Gasteiger partial charge in [0.15, 0.2) is 0 Å². The highest BCUT2D eigenvalue weighted by Crippen LogP contribution is 2.36. The predicted molar refractivity (Wildman–Crippen MR) is 80.5 cm³/mol. The van der Waals surface area contributed by atoms with Crippen molar-refractivity contribution in [2.45, 2.75) is 38.6 Å². The Bertz CT molecular complexity index is 522. The molecule has 0 aromatic heterocycles. The fourth-order valence-electron chi connectivity index (χ4n) is 3.64. The van der Waals surface area contributed by atoms with Crippen LogP contribution in [-0.4, -0.2) is 36.5 Å². The molecular formula is C17H23FN2O. The van der Waals surface area contributed by atoms with E-state index >= 15 is 0 Å². The highest BCUT2D eigenvalue weighted by Gasteiger charge is 2.43. The molecule has 21 heavy (non-hydrogen) atoms. The standard InChI is InChI=1S/C17H23FN2O/c1-12-9-14(13-3-5-15(18)6-4-13)10-20(12)16(21)17(2)7-8-19-11-17/h3-6,12,14,19H,7-11H2,1-2H3. The molecule has 1 aromatic rings. The summed E-state index contributed by atoms with van der Waals surface area (Å²) in [5.41, 5.74) is 0.875. The zero-order valence-corrected chi connectivity index (χ0v) is 12.7. The van der Waals surface area contributed by atoms with Crippen LogP contribution in [0.2, 0.25) is 0 Å². The Morgan fingerprint density at radius 1 is 1.38 bits per heavy atom. The summed E-state index contributed by atoms with van der Waals surface area (Å²) in [6, 6.07) is 6.96. The van der Waals surface area contributed by atoms with Crippen molar-refractivity contribution in [3.8, 4) is 0 Å². The van der Waals surface area contributed by atoms with Crippen LogP contribution in [-0.2, 0) is 4.79 Å². The second kappa shape index (κ2) is 5.41. The molecule has 0 radical (unpaired) electrons. The van der Waals surface area contributed by atoms with Gasteiger partial charge in [-0.15, -0.1) is 0 Å². The van der Waals surface area contributed by atoms with Crippen LogP contribution >= 0.6 is 0 Å². The Labute approximate surface area is 125 Å². The fourth-order valence-corrected chi connectivity index (χ4v) is 3.64. The monoisotopic (exact) mass is 290 g/mol. The van der Waals surface area contributed by atoms with Crippen molar-refractivity contribution in [2.75, 3.05) is 19.6 Å². The van der Waals surface area contributed by atoms with Crippen molar-refractivity contribution < 1.29 is 9.18 Å². The Morgan fingerprint density at radius 3 is 2.71 bits per heavy atom. The minimum atomic E-state index is -0.258. The fraction of sp³-hybridized carbons (Fsp3) is 0.588. The molecule has 2 heterocycles. The van der Waals surface area contributed by atoms with Crippen molar-refractivity contribution in [3.63, 3.8) is 0 Å². The first-order chi connectivity index (χ1) is 9.99. The van der Waals surface area contributed by atoms with Crippen LogP contribution < -0.4 is 5.32 Å². The first-order valence-electron chi connectivity index (χ1n) is 7.77. The lowest BCUT2D eigenvalue weighted by molar-refractivity contribution is -0.140. The summed E-state index contributed by atoms with van der Waals surface area (Å²) in [7, 11) is 0. The first kappa shape index (κ1) is 14.5. The molecule has 114 valence electrons. The maximum Gasteiger partial charge on any atom is 0.230 e. The summed E-state index contributed by atoms with van der Waals surface area (Å²) in [6.45, 7) is 6.63. The predicted octanol–water partition coefficient (Wildman–Crippen LogP) is 2.53. The van der Waals surface area contributed by atoms with Crippen LogP contribution in [0, 0.1) is 11.2 Å². The molecule has 2 aliphatic rings. The zero-order chi connectivity index (χ0) is 15.0. The van der Waals surface area contributed by atoms with E-state index in [1.807, 2.05) is 17.0 Å². The molecule has 2 aliphatic heterocycles. The molecule has 1 N–H and O–H groups in total. The number of hydrogen-bond acceptors (Lipinski definition) is 2. The van der Waals surface area contributed by atoms with Crippen molar-refractivity contribution in [1.29, 1.82) is 0 Å². The van der Waals surface area contributed by atoms with Crippen LogP contribution in [0.15, 0.2) is 24.3 Å². The maximum absolute atomic E-state index is 13.0. The van der Waals surface area contributed by atoms with Gasteiger partial charge >= 0.3 is 0 Å². The average molecular weight is 290 g/mol. The van der Waals surface area contributed by atoms with E-state index in [1.165, 1.54) is 12.1 Å². The van der Waals surface area contributed by atoms with Crippen molar-refractivity contribution in [3.05, 3.63) is 35.6 Å². The second-order valence-electron chi connectivity index (χ2n) is 6.78. The summed E-state index contributed by atoms with van der Waals surface area (Å²) in [6.07, 6.45) is 1.87. The Kier molecular flexibility index (Phi) is 3.74. The summed E-state index contributed by atoms with van der Waals surface area (Å²) < 4.78 is 13.0. The molecule has 0 bridgehead atoms. The van der Waals surface area contributed by atoms with Crippen molar-refractivity contribution in [1.82, 2.24) is 10.2 Å². The van der Waals surface area contributed by atoms with E-state index in [0.717, 1.165) is 38.0 Å². The van der Waals surface area contributed by atoms with Gasteiger partial charge in [0, 0.05) is 25.0 Å². The van der Waals surface area contributed by atoms with Gasteiger partial charge in [0.2, 0.25) is 5.91 Å². The van der Waals surface area contributed by atoms with Gasteiger partial charge in [0.05, 0.1) is 5.41 Å². The third-order valence-electron chi connectivity index (χ3n) is 5.06. The lowest BCUT2D eigenvalue weighted by Gasteiger charge is -2.31. The van der Waals surface area contributed by atoms with E-state index in [0.29, 0.717) is 5.92 Å². The number of carbonyl (C=O) groups is 1. The van der Waals surface area contributed by atoms with Gasteiger partial charge in [-0.25, -0.2) is 4.39 Å². The summed E-state index contributed by atoms with van der Waals surface area (Å²) in [5.74, 6) is 0.384. The molecule has 4 heteroatoms. The minimum absolute atomic E-state index is 0.206. The third-order valence-corrected chi connectivity index (χ3v) is 5.06. The number of amides is 1. The van der Waals surface area contributed by atoms with Gasteiger partial charge in [-0.05, 0) is 50.9 Å². The summed E-state index contributed by atoms with van der Waals surface area (Å²) in [4.78, 5) is 14.9.